The van der Waals surface area contributed by atoms with E-state index in [0.29, 0.717) is 56.5 Å². The number of carbonyl (C=O) groups is 2. The minimum absolute atomic E-state index is 0.159. The van der Waals surface area contributed by atoms with E-state index in [1.54, 1.807) is 68.4 Å². The molecule has 244 valence electrons. The number of halogens is 2. The van der Waals surface area contributed by atoms with Gasteiger partial charge in [-0.05, 0) is 55.8 Å². The van der Waals surface area contributed by atoms with Gasteiger partial charge in [0.05, 0.1) is 38.7 Å². The predicted octanol–water partition coefficient (Wildman–Crippen LogP) is 5.10. The van der Waals surface area contributed by atoms with Crippen molar-refractivity contribution in [3.8, 4) is 23.0 Å². The molecule has 1 heterocycles. The molecule has 0 unspecified atom stereocenters. The maximum Gasteiger partial charge on any atom is 0.337 e. The van der Waals surface area contributed by atoms with E-state index in [2.05, 4.69) is 21.2 Å². The highest BCUT2D eigenvalue weighted by atomic mass is 35.5. The summed E-state index contributed by atoms with van der Waals surface area (Å²) in [6, 6.07) is 14.2. The molecule has 0 aliphatic carbocycles. The van der Waals surface area contributed by atoms with Crippen LogP contribution < -0.4 is 35.0 Å². The van der Waals surface area contributed by atoms with Crippen LogP contribution in [0.15, 0.2) is 71.0 Å². The number of aliphatic hydroxyl groups excluding tert-OH is 1. The Balaban J connectivity index is 1.42. The number of esters is 1. The molecule has 0 saturated carbocycles. The fourth-order valence-electron chi connectivity index (χ4n) is 4.55. The first kappa shape index (κ1) is 34.2. The fraction of sp³-hybridized carbons (Fsp3) is 0.281. The van der Waals surface area contributed by atoms with Gasteiger partial charge in [-0.1, -0.05) is 41.4 Å². The van der Waals surface area contributed by atoms with Gasteiger partial charge in [0.2, 0.25) is 0 Å². The Hall–Kier alpha value is -4.65. The van der Waals surface area contributed by atoms with Crippen molar-refractivity contribution in [2.45, 2.75) is 32.7 Å². The Morgan fingerprint density at radius 3 is 2.59 bits per heavy atom. The molecule has 0 spiro atoms. The normalized spacial score (nSPS) is 15.1. The molecule has 0 radical (unpaired) electrons. The van der Waals surface area contributed by atoms with Crippen LogP contribution >= 0.6 is 23.2 Å². The van der Waals surface area contributed by atoms with E-state index in [1.165, 1.54) is 20.4 Å². The molecular weight excluding hydrogens is 639 g/mol. The molecule has 3 aromatic rings. The predicted molar refractivity (Wildman–Crippen MR) is 173 cm³/mol. The second kappa shape index (κ2) is 16.1. The first-order valence-corrected chi connectivity index (χ1v) is 14.9. The van der Waals surface area contributed by atoms with Crippen LogP contribution in [0.25, 0.3) is 0 Å². The van der Waals surface area contributed by atoms with Crippen molar-refractivity contribution in [1.29, 1.82) is 0 Å². The maximum atomic E-state index is 12.5. The van der Waals surface area contributed by atoms with Gasteiger partial charge in [0, 0.05) is 26.9 Å². The number of methoxy groups -OCH3 is 2. The second-order valence-electron chi connectivity index (χ2n) is 9.82. The lowest BCUT2D eigenvalue weighted by Crippen LogP contribution is -2.45. The van der Waals surface area contributed by atoms with Crippen LogP contribution in [0.5, 0.6) is 23.0 Å². The van der Waals surface area contributed by atoms with Gasteiger partial charge in [0.25, 0.3) is 0 Å². The lowest BCUT2D eigenvalue weighted by atomic mass is 9.95. The average molecular weight is 674 g/mol. The molecule has 2 atom stereocenters. The van der Waals surface area contributed by atoms with Gasteiger partial charge in [-0.2, -0.15) is 5.10 Å². The van der Waals surface area contributed by atoms with Gasteiger partial charge in [-0.15, -0.1) is 0 Å². The number of ether oxygens (including phenoxy) is 5. The molecule has 1 aliphatic heterocycles. The minimum Gasteiger partial charge on any atom is -0.493 e. The number of rotatable bonds is 14. The summed E-state index contributed by atoms with van der Waals surface area (Å²) in [5, 5.41) is 21.0. The molecule has 2 amide bonds. The Bertz CT molecular complexity index is 1630. The zero-order valence-electron chi connectivity index (χ0n) is 25.6. The van der Waals surface area contributed by atoms with Crippen molar-refractivity contribution in [3.05, 3.63) is 92.6 Å². The van der Waals surface area contributed by atoms with Gasteiger partial charge < -0.3 is 39.4 Å². The van der Waals surface area contributed by atoms with Gasteiger partial charge in [0.15, 0.2) is 29.2 Å². The number of carbonyl (C=O) groups excluding carboxylic acids is 2. The van der Waals surface area contributed by atoms with E-state index in [0.717, 1.165) is 5.56 Å². The SMILES string of the molecule is CCOc1cc([C@@H]2NC(=O)NC(C)=C2C(=O)OC)ccc1OC[C@@H](O)N/N=C/c1cccc(OC)c1OCc1ccc(Cl)cc1Cl. The number of benzene rings is 3. The second-order valence-corrected chi connectivity index (χ2v) is 10.7. The molecule has 0 fully saturated rings. The molecule has 1 aliphatic rings. The first-order chi connectivity index (χ1) is 22.1. The number of hydrogen-bond acceptors (Lipinski definition) is 10. The van der Waals surface area contributed by atoms with E-state index >= 15 is 0 Å². The lowest BCUT2D eigenvalue weighted by molar-refractivity contribution is -0.136. The van der Waals surface area contributed by atoms with Crippen LogP contribution in [0.3, 0.4) is 0 Å². The number of hydrazone groups is 1. The molecule has 0 bridgehead atoms. The summed E-state index contributed by atoms with van der Waals surface area (Å²) in [6.45, 7) is 3.71. The number of aliphatic hydroxyl groups is 1. The number of para-hydroxylation sites is 1. The zero-order valence-corrected chi connectivity index (χ0v) is 27.1. The first-order valence-electron chi connectivity index (χ1n) is 14.1. The quantitative estimate of drug-likeness (QED) is 0.0794. The average Bonchev–Trinajstić information content (AvgIpc) is 3.03. The van der Waals surface area contributed by atoms with Gasteiger partial charge in [-0.3, -0.25) is 5.43 Å². The van der Waals surface area contributed by atoms with Crippen LogP contribution in [0.1, 0.15) is 36.6 Å². The summed E-state index contributed by atoms with van der Waals surface area (Å²) in [7, 11) is 2.80. The molecular formula is C32H34Cl2N4O8. The topological polar surface area (TPSA) is 149 Å². The zero-order chi connectivity index (χ0) is 33.2. The summed E-state index contributed by atoms with van der Waals surface area (Å²) in [5.41, 5.74) is 5.15. The maximum absolute atomic E-state index is 12.5. The number of urea groups is 1. The van der Waals surface area contributed by atoms with Crippen LogP contribution in [0.2, 0.25) is 10.0 Å². The summed E-state index contributed by atoms with van der Waals surface area (Å²) in [6.07, 6.45) is 0.278. The van der Waals surface area contributed by atoms with Crippen LogP contribution in [0, 0.1) is 0 Å². The molecule has 46 heavy (non-hydrogen) atoms. The van der Waals surface area contributed by atoms with Crippen molar-refractivity contribution in [2.75, 3.05) is 27.4 Å². The highest BCUT2D eigenvalue weighted by Gasteiger charge is 2.32. The number of hydrogen-bond donors (Lipinski definition) is 4. The van der Waals surface area contributed by atoms with E-state index in [4.69, 9.17) is 46.9 Å². The van der Waals surface area contributed by atoms with Crippen molar-refractivity contribution >= 4 is 41.4 Å². The third-order valence-electron chi connectivity index (χ3n) is 6.72. The van der Waals surface area contributed by atoms with E-state index < -0.39 is 24.3 Å². The lowest BCUT2D eigenvalue weighted by Gasteiger charge is -2.28. The molecule has 12 nitrogen and oxygen atoms in total. The minimum atomic E-state index is -1.20. The largest absolute Gasteiger partial charge is 0.493 e. The highest BCUT2D eigenvalue weighted by Crippen LogP contribution is 2.35. The third-order valence-corrected chi connectivity index (χ3v) is 7.30. The third kappa shape index (κ3) is 8.53. The fourth-order valence-corrected chi connectivity index (χ4v) is 5.02. The Morgan fingerprint density at radius 1 is 1.07 bits per heavy atom. The van der Waals surface area contributed by atoms with Gasteiger partial charge >= 0.3 is 12.0 Å². The van der Waals surface area contributed by atoms with Gasteiger partial charge in [0.1, 0.15) is 13.2 Å². The number of nitrogens with one attached hydrogen (secondary N) is 3. The summed E-state index contributed by atoms with van der Waals surface area (Å²) < 4.78 is 28.0. The van der Waals surface area contributed by atoms with E-state index in [9.17, 15) is 14.7 Å². The Labute approximate surface area is 276 Å². The van der Waals surface area contributed by atoms with Crippen LogP contribution in [0.4, 0.5) is 4.79 Å². The van der Waals surface area contributed by atoms with E-state index in [1.807, 2.05) is 0 Å². The van der Waals surface area contributed by atoms with Crippen molar-refractivity contribution in [2.24, 2.45) is 5.10 Å². The highest BCUT2D eigenvalue weighted by molar-refractivity contribution is 6.35. The van der Waals surface area contributed by atoms with Crippen LogP contribution in [-0.2, 0) is 16.1 Å². The molecule has 3 aromatic carbocycles. The molecule has 4 N–H and O–H groups in total. The summed E-state index contributed by atoms with van der Waals surface area (Å²) in [4.78, 5) is 24.6. The smallest absolute Gasteiger partial charge is 0.337 e. The molecule has 0 aromatic heterocycles. The van der Waals surface area contributed by atoms with Crippen molar-refractivity contribution < 1.29 is 38.4 Å². The summed E-state index contributed by atoms with van der Waals surface area (Å²) in [5.74, 6) is 1.02. The van der Waals surface area contributed by atoms with E-state index in [-0.39, 0.29) is 18.8 Å². The Morgan fingerprint density at radius 2 is 1.87 bits per heavy atom. The monoisotopic (exact) mass is 672 g/mol. The molecule has 0 saturated heterocycles. The Kier molecular flexibility index (Phi) is 12.0. The number of allylic oxidation sites excluding steroid dienone is 1. The number of amides is 2. The number of nitrogens with zero attached hydrogens (tertiary/aromatic N) is 1. The standard InChI is InChI=1S/C32H34Cl2N4O8/c1-5-44-26-13-19(29-28(31(40)43-4)18(2)36-32(41)37-29)10-12-24(26)45-17-27(39)38-35-15-20-7-6-8-25(42-3)30(20)46-16-21-9-11-22(33)14-23(21)34/h6-15,27,29,38-39H,5,16-17H2,1-4H3,(H2,36,37,41)/b35-15+/t27-,29+/m1/s1. The molecule has 14 heteroatoms. The van der Waals surface area contributed by atoms with Gasteiger partial charge in [-0.25, -0.2) is 9.59 Å². The van der Waals surface area contributed by atoms with Crippen molar-refractivity contribution in [1.82, 2.24) is 16.1 Å². The van der Waals surface area contributed by atoms with Crippen LogP contribution in [-0.4, -0.2) is 57.0 Å². The molecule has 4 rings (SSSR count). The summed E-state index contributed by atoms with van der Waals surface area (Å²) >= 11 is 12.3. The van der Waals surface area contributed by atoms with Crippen molar-refractivity contribution in [3.63, 3.8) is 0 Å².